The highest BCUT2D eigenvalue weighted by Crippen LogP contribution is 2.26. The van der Waals surface area contributed by atoms with E-state index >= 15 is 0 Å². The average molecular weight is 185 g/mol. The zero-order chi connectivity index (χ0) is 9.84. The van der Waals surface area contributed by atoms with Crippen LogP contribution in [0.5, 0.6) is 0 Å². The molecule has 1 unspecified atom stereocenters. The van der Waals surface area contributed by atoms with Crippen molar-refractivity contribution in [2.24, 2.45) is 0 Å². The number of halogens is 3. The highest BCUT2D eigenvalue weighted by molar-refractivity contribution is 5.38. The van der Waals surface area contributed by atoms with Crippen molar-refractivity contribution in [2.75, 3.05) is 0 Å². The molecule has 1 aromatic rings. The quantitative estimate of drug-likeness (QED) is 0.694. The zero-order valence-corrected chi connectivity index (χ0v) is 6.55. The third kappa shape index (κ3) is 2.00. The molecular formula is C9H6F3N. The molecule has 68 valence electrons. The average Bonchev–Trinajstić information content (AvgIpc) is 2.16. The Kier molecular flexibility index (Phi) is 2.91. The molecule has 1 aromatic carbocycles. The van der Waals surface area contributed by atoms with Crippen LogP contribution in [-0.4, -0.2) is 6.43 Å². The Morgan fingerprint density at radius 2 is 1.77 bits per heavy atom. The number of benzene rings is 1. The second-order valence-corrected chi connectivity index (χ2v) is 2.44. The van der Waals surface area contributed by atoms with Crippen LogP contribution in [0.2, 0.25) is 0 Å². The molecule has 1 nitrogen and oxygen atoms in total. The van der Waals surface area contributed by atoms with E-state index in [4.69, 9.17) is 5.26 Å². The topological polar surface area (TPSA) is 23.8 Å². The normalized spacial score (nSPS) is 12.5. The molecule has 0 aliphatic rings. The van der Waals surface area contributed by atoms with Gasteiger partial charge in [-0.3, -0.25) is 0 Å². The van der Waals surface area contributed by atoms with Crippen LogP contribution in [0.1, 0.15) is 17.3 Å². The van der Waals surface area contributed by atoms with Crippen molar-refractivity contribution < 1.29 is 13.2 Å². The highest BCUT2D eigenvalue weighted by Gasteiger charge is 2.23. The number of alkyl halides is 3. The van der Waals surface area contributed by atoms with E-state index in [-0.39, 0.29) is 11.1 Å². The van der Waals surface area contributed by atoms with E-state index in [9.17, 15) is 13.2 Å². The number of nitrogens with zero attached hydrogens (tertiary/aromatic N) is 1. The van der Waals surface area contributed by atoms with Crippen molar-refractivity contribution in [2.45, 2.75) is 12.6 Å². The summed E-state index contributed by atoms with van der Waals surface area (Å²) in [6.07, 6.45) is -5.47. The largest absolute Gasteiger partial charge is 0.273 e. The van der Waals surface area contributed by atoms with E-state index in [2.05, 4.69) is 0 Å². The third-order valence-electron chi connectivity index (χ3n) is 1.60. The van der Waals surface area contributed by atoms with Crippen molar-refractivity contribution in [1.29, 1.82) is 5.26 Å². The van der Waals surface area contributed by atoms with Gasteiger partial charge in [0.05, 0.1) is 11.6 Å². The van der Waals surface area contributed by atoms with E-state index in [0.717, 1.165) is 0 Å². The molecule has 0 fully saturated rings. The lowest BCUT2D eigenvalue weighted by molar-refractivity contribution is 0.0494. The van der Waals surface area contributed by atoms with Crippen LogP contribution in [0.3, 0.4) is 0 Å². The van der Waals surface area contributed by atoms with E-state index in [1.165, 1.54) is 24.3 Å². The van der Waals surface area contributed by atoms with Crippen LogP contribution in [0.4, 0.5) is 13.2 Å². The van der Waals surface area contributed by atoms with Gasteiger partial charge in [-0.25, -0.2) is 13.2 Å². The number of hydrogen-bond acceptors (Lipinski definition) is 1. The zero-order valence-electron chi connectivity index (χ0n) is 6.55. The van der Waals surface area contributed by atoms with Crippen molar-refractivity contribution in [3.63, 3.8) is 0 Å². The van der Waals surface area contributed by atoms with Gasteiger partial charge in [0.2, 0.25) is 0 Å². The van der Waals surface area contributed by atoms with Crippen molar-refractivity contribution in [1.82, 2.24) is 0 Å². The molecule has 1 atom stereocenters. The van der Waals surface area contributed by atoms with Gasteiger partial charge in [0.25, 0.3) is 6.43 Å². The first-order valence-corrected chi connectivity index (χ1v) is 3.58. The molecule has 13 heavy (non-hydrogen) atoms. The summed E-state index contributed by atoms with van der Waals surface area (Å²) in [5.41, 5.74) is -0.296. The first kappa shape index (κ1) is 9.59. The molecule has 0 aliphatic heterocycles. The fourth-order valence-corrected chi connectivity index (χ4v) is 0.975. The van der Waals surface area contributed by atoms with Gasteiger partial charge in [-0.1, -0.05) is 18.2 Å². The van der Waals surface area contributed by atoms with E-state index in [1.54, 1.807) is 6.07 Å². The van der Waals surface area contributed by atoms with E-state index < -0.39 is 12.6 Å². The summed E-state index contributed by atoms with van der Waals surface area (Å²) in [7, 11) is 0. The molecule has 0 spiro atoms. The van der Waals surface area contributed by atoms with Crippen molar-refractivity contribution in [3.8, 4) is 6.07 Å². The summed E-state index contributed by atoms with van der Waals surface area (Å²) in [6, 6.07) is 7.08. The highest BCUT2D eigenvalue weighted by atomic mass is 19.3. The van der Waals surface area contributed by atoms with Gasteiger partial charge in [0.15, 0.2) is 6.17 Å². The molecular weight excluding hydrogens is 179 g/mol. The Bertz CT molecular complexity index is 330. The first-order chi connectivity index (χ1) is 6.16. The summed E-state index contributed by atoms with van der Waals surface area (Å²) in [6.45, 7) is 0. The predicted molar refractivity (Wildman–Crippen MR) is 41.0 cm³/mol. The van der Waals surface area contributed by atoms with Gasteiger partial charge in [0.1, 0.15) is 0 Å². The predicted octanol–water partition coefficient (Wildman–Crippen LogP) is 2.83. The fraction of sp³-hybridized carbons (Fsp3) is 0.222. The molecule has 0 aliphatic carbocycles. The minimum atomic E-state index is -3.09. The van der Waals surface area contributed by atoms with Gasteiger partial charge in [-0.15, -0.1) is 0 Å². The van der Waals surface area contributed by atoms with E-state index in [0.29, 0.717) is 0 Å². The number of rotatable bonds is 2. The number of hydrogen-bond donors (Lipinski definition) is 0. The minimum absolute atomic E-state index is 0.0460. The maximum absolute atomic E-state index is 12.8. The first-order valence-electron chi connectivity index (χ1n) is 3.58. The Labute approximate surface area is 73.4 Å². The molecule has 0 heterocycles. The number of nitriles is 1. The maximum atomic E-state index is 12.8. The molecule has 4 heteroatoms. The summed E-state index contributed by atoms with van der Waals surface area (Å²) in [5.74, 6) is 0. The molecule has 0 saturated carbocycles. The summed E-state index contributed by atoms with van der Waals surface area (Å²) >= 11 is 0. The van der Waals surface area contributed by atoms with E-state index in [1.807, 2.05) is 0 Å². The second-order valence-electron chi connectivity index (χ2n) is 2.44. The smallest absolute Gasteiger partial charge is 0.236 e. The Morgan fingerprint density at radius 1 is 1.15 bits per heavy atom. The summed E-state index contributed by atoms with van der Waals surface area (Å²) in [4.78, 5) is 0. The lowest BCUT2D eigenvalue weighted by Crippen LogP contribution is -2.04. The van der Waals surface area contributed by atoms with Crippen LogP contribution in [-0.2, 0) is 0 Å². The summed E-state index contributed by atoms with van der Waals surface area (Å²) < 4.78 is 36.7. The van der Waals surface area contributed by atoms with Crippen molar-refractivity contribution >= 4 is 0 Å². The SMILES string of the molecule is N#Cc1ccccc1C(F)C(F)F. The van der Waals surface area contributed by atoms with Crippen LogP contribution in [0.15, 0.2) is 24.3 Å². The van der Waals surface area contributed by atoms with Gasteiger partial charge in [-0.05, 0) is 6.07 Å². The van der Waals surface area contributed by atoms with Crippen LogP contribution in [0.25, 0.3) is 0 Å². The fourth-order valence-electron chi connectivity index (χ4n) is 0.975. The Balaban J connectivity index is 3.07. The standard InChI is InChI=1S/C9H6F3N/c10-8(9(11)12)7-4-2-1-3-6(7)5-13/h1-4,8-9H. The lowest BCUT2D eigenvalue weighted by Gasteiger charge is -2.07. The third-order valence-corrected chi connectivity index (χ3v) is 1.60. The second kappa shape index (κ2) is 3.94. The van der Waals surface area contributed by atoms with Crippen molar-refractivity contribution in [3.05, 3.63) is 35.4 Å². The molecule has 0 N–H and O–H groups in total. The molecule has 0 radical (unpaired) electrons. The molecule has 0 bridgehead atoms. The van der Waals surface area contributed by atoms with Gasteiger partial charge >= 0.3 is 0 Å². The Morgan fingerprint density at radius 3 is 2.31 bits per heavy atom. The molecule has 0 saturated heterocycles. The van der Waals surface area contributed by atoms with Gasteiger partial charge in [0, 0.05) is 5.56 Å². The van der Waals surface area contributed by atoms with Gasteiger partial charge in [-0.2, -0.15) is 5.26 Å². The van der Waals surface area contributed by atoms with Gasteiger partial charge < -0.3 is 0 Å². The van der Waals surface area contributed by atoms with Crippen LogP contribution >= 0.6 is 0 Å². The maximum Gasteiger partial charge on any atom is 0.273 e. The Hall–Kier alpha value is -1.50. The van der Waals surface area contributed by atoms with Crippen LogP contribution < -0.4 is 0 Å². The molecule has 0 aromatic heterocycles. The monoisotopic (exact) mass is 185 g/mol. The molecule has 1 rings (SSSR count). The minimum Gasteiger partial charge on any atom is -0.236 e. The summed E-state index contributed by atoms with van der Waals surface area (Å²) in [5, 5.41) is 8.49. The molecule has 0 amide bonds. The lowest BCUT2D eigenvalue weighted by atomic mass is 10.0. The van der Waals surface area contributed by atoms with Crippen LogP contribution in [0, 0.1) is 11.3 Å².